The predicted octanol–water partition coefficient (Wildman–Crippen LogP) is 1.99. The van der Waals surface area contributed by atoms with Gasteiger partial charge >= 0.3 is 5.69 Å². The molecule has 1 fully saturated rings. The van der Waals surface area contributed by atoms with E-state index in [4.69, 9.17) is 0 Å². The number of aromatic amines is 1. The van der Waals surface area contributed by atoms with Crippen LogP contribution >= 0.6 is 0 Å². The van der Waals surface area contributed by atoms with E-state index in [9.17, 15) is 14.9 Å². The predicted molar refractivity (Wildman–Crippen MR) is 85.6 cm³/mol. The maximum atomic E-state index is 12.6. The number of carbonyl (C=O) groups is 1. The summed E-state index contributed by atoms with van der Waals surface area (Å²) >= 11 is 0. The van der Waals surface area contributed by atoms with Gasteiger partial charge in [0.2, 0.25) is 5.69 Å². The number of carbonyl (C=O) groups excluding carboxylic acids is 1. The molecule has 0 spiro atoms. The van der Waals surface area contributed by atoms with Crippen molar-refractivity contribution in [3.63, 3.8) is 0 Å². The van der Waals surface area contributed by atoms with Crippen LogP contribution < -0.4 is 5.32 Å². The highest BCUT2D eigenvalue weighted by Gasteiger charge is 2.33. The van der Waals surface area contributed by atoms with Crippen LogP contribution in [-0.2, 0) is 6.42 Å². The highest BCUT2D eigenvalue weighted by atomic mass is 16.6. The van der Waals surface area contributed by atoms with Gasteiger partial charge in [-0.25, -0.2) is 0 Å². The Bertz CT molecular complexity index is 724. The van der Waals surface area contributed by atoms with Crippen LogP contribution in [0.2, 0.25) is 0 Å². The lowest BCUT2D eigenvalue weighted by atomic mass is 9.90. The lowest BCUT2D eigenvalue weighted by Crippen LogP contribution is -2.43. The van der Waals surface area contributed by atoms with Gasteiger partial charge in [-0.15, -0.1) is 0 Å². The molecule has 3 rings (SSSR count). The molecule has 2 aromatic heterocycles. The van der Waals surface area contributed by atoms with Crippen LogP contribution in [0.3, 0.4) is 0 Å². The average Bonchev–Trinajstić information content (AvgIpc) is 3.24. The van der Waals surface area contributed by atoms with Gasteiger partial charge in [0.05, 0.1) is 17.0 Å². The number of amides is 1. The van der Waals surface area contributed by atoms with Gasteiger partial charge in [-0.05, 0) is 25.3 Å². The third-order valence-electron chi connectivity index (χ3n) is 4.47. The summed E-state index contributed by atoms with van der Waals surface area (Å²) in [6.45, 7) is 1.77. The van der Waals surface area contributed by atoms with Gasteiger partial charge in [0, 0.05) is 12.4 Å². The molecule has 0 bridgehead atoms. The topological polar surface area (TPSA) is 119 Å². The summed E-state index contributed by atoms with van der Waals surface area (Å²) in [5.41, 5.74) is -0.0273. The van der Waals surface area contributed by atoms with Crippen LogP contribution in [-0.4, -0.2) is 36.9 Å². The Hall–Kier alpha value is -2.71. The van der Waals surface area contributed by atoms with E-state index in [1.165, 1.54) is 0 Å². The molecule has 1 saturated carbocycles. The third-order valence-corrected chi connectivity index (χ3v) is 4.47. The first-order chi connectivity index (χ1) is 11.6. The Morgan fingerprint density at radius 1 is 1.50 bits per heavy atom. The lowest BCUT2D eigenvalue weighted by molar-refractivity contribution is -0.385. The van der Waals surface area contributed by atoms with E-state index in [1.54, 1.807) is 13.1 Å². The normalized spacial score (nSPS) is 20.7. The molecule has 2 unspecified atom stereocenters. The quantitative estimate of drug-likeness (QED) is 0.641. The largest absolute Gasteiger partial charge is 0.346 e. The van der Waals surface area contributed by atoms with Crippen LogP contribution in [0.5, 0.6) is 0 Å². The zero-order valence-corrected chi connectivity index (χ0v) is 13.4. The minimum atomic E-state index is -0.552. The van der Waals surface area contributed by atoms with Gasteiger partial charge in [0.25, 0.3) is 5.91 Å². The fourth-order valence-electron chi connectivity index (χ4n) is 3.28. The number of aryl methyl sites for hydroxylation is 1. The van der Waals surface area contributed by atoms with Gasteiger partial charge < -0.3 is 5.32 Å². The van der Waals surface area contributed by atoms with Crippen molar-refractivity contribution in [2.75, 3.05) is 0 Å². The molecule has 24 heavy (non-hydrogen) atoms. The van der Waals surface area contributed by atoms with Crippen LogP contribution in [0.1, 0.15) is 54.8 Å². The molecule has 1 aliphatic rings. The molecule has 9 nitrogen and oxygen atoms in total. The van der Waals surface area contributed by atoms with Crippen LogP contribution in [0, 0.1) is 10.1 Å². The summed E-state index contributed by atoms with van der Waals surface area (Å²) in [5.74, 6) is -0.512. The van der Waals surface area contributed by atoms with E-state index in [0.717, 1.165) is 25.7 Å². The monoisotopic (exact) mass is 332 g/mol. The SMILES string of the molecule is CCc1[nH]nc(C(=O)NC2CCCCC2n2cccn2)c1[N+](=O)[O-]. The molecule has 0 saturated heterocycles. The number of nitrogens with one attached hydrogen (secondary N) is 2. The number of hydrogen-bond acceptors (Lipinski definition) is 5. The summed E-state index contributed by atoms with van der Waals surface area (Å²) in [7, 11) is 0. The Morgan fingerprint density at radius 2 is 2.29 bits per heavy atom. The Balaban J connectivity index is 1.81. The molecular formula is C15H20N6O3. The maximum Gasteiger partial charge on any atom is 0.322 e. The van der Waals surface area contributed by atoms with Crippen molar-refractivity contribution >= 4 is 11.6 Å². The number of nitrogens with zero attached hydrogens (tertiary/aromatic N) is 4. The van der Waals surface area contributed by atoms with E-state index in [1.807, 2.05) is 16.9 Å². The number of hydrogen-bond donors (Lipinski definition) is 2. The van der Waals surface area contributed by atoms with Crippen molar-refractivity contribution in [1.29, 1.82) is 0 Å². The molecule has 128 valence electrons. The van der Waals surface area contributed by atoms with Crippen molar-refractivity contribution in [2.45, 2.75) is 51.1 Å². The minimum absolute atomic E-state index is 0.0568. The summed E-state index contributed by atoms with van der Waals surface area (Å²) in [6, 6.07) is 1.79. The summed E-state index contributed by atoms with van der Waals surface area (Å²) in [5, 5.41) is 24.9. The number of aromatic nitrogens is 4. The second-order valence-electron chi connectivity index (χ2n) is 5.93. The third kappa shape index (κ3) is 3.01. The van der Waals surface area contributed by atoms with Crippen LogP contribution in [0.15, 0.2) is 18.5 Å². The molecule has 2 heterocycles. The van der Waals surface area contributed by atoms with Gasteiger partial charge in [-0.3, -0.25) is 24.7 Å². The molecule has 1 aliphatic carbocycles. The molecule has 0 aliphatic heterocycles. The first kappa shape index (κ1) is 16.2. The second-order valence-corrected chi connectivity index (χ2v) is 5.93. The van der Waals surface area contributed by atoms with Crippen LogP contribution in [0.25, 0.3) is 0 Å². The maximum absolute atomic E-state index is 12.6. The summed E-state index contributed by atoms with van der Waals surface area (Å²) in [6.07, 6.45) is 7.80. The zero-order valence-electron chi connectivity index (χ0n) is 13.4. The Labute approximate surface area is 138 Å². The zero-order chi connectivity index (χ0) is 17.1. The van der Waals surface area contributed by atoms with E-state index in [-0.39, 0.29) is 23.5 Å². The fraction of sp³-hybridized carbons (Fsp3) is 0.533. The smallest absolute Gasteiger partial charge is 0.322 e. The van der Waals surface area contributed by atoms with E-state index < -0.39 is 10.8 Å². The Kier molecular flexibility index (Phi) is 4.59. The van der Waals surface area contributed by atoms with Crippen molar-refractivity contribution in [2.24, 2.45) is 0 Å². The molecule has 0 radical (unpaired) electrons. The van der Waals surface area contributed by atoms with Gasteiger partial charge in [-0.1, -0.05) is 19.8 Å². The van der Waals surface area contributed by atoms with Crippen molar-refractivity contribution in [3.05, 3.63) is 40.0 Å². The van der Waals surface area contributed by atoms with E-state index in [0.29, 0.717) is 12.1 Å². The van der Waals surface area contributed by atoms with Crippen molar-refractivity contribution < 1.29 is 9.72 Å². The number of rotatable bonds is 5. The van der Waals surface area contributed by atoms with Crippen molar-refractivity contribution in [3.8, 4) is 0 Å². The number of H-pyrrole nitrogens is 1. The van der Waals surface area contributed by atoms with E-state index in [2.05, 4.69) is 20.6 Å². The molecular weight excluding hydrogens is 312 g/mol. The van der Waals surface area contributed by atoms with Gasteiger partial charge in [-0.2, -0.15) is 10.2 Å². The highest BCUT2D eigenvalue weighted by Crippen LogP contribution is 2.29. The van der Waals surface area contributed by atoms with Gasteiger partial charge in [0.15, 0.2) is 0 Å². The van der Waals surface area contributed by atoms with Gasteiger partial charge in [0.1, 0.15) is 5.69 Å². The van der Waals surface area contributed by atoms with E-state index >= 15 is 0 Å². The van der Waals surface area contributed by atoms with Crippen molar-refractivity contribution in [1.82, 2.24) is 25.3 Å². The molecule has 0 aromatic carbocycles. The average molecular weight is 332 g/mol. The summed E-state index contributed by atoms with van der Waals surface area (Å²) < 4.78 is 1.85. The Morgan fingerprint density at radius 3 is 2.96 bits per heavy atom. The number of nitro groups is 1. The first-order valence-corrected chi connectivity index (χ1v) is 8.13. The molecule has 9 heteroatoms. The highest BCUT2D eigenvalue weighted by molar-refractivity contribution is 5.96. The molecule has 2 atom stereocenters. The first-order valence-electron chi connectivity index (χ1n) is 8.13. The fourth-order valence-corrected chi connectivity index (χ4v) is 3.28. The minimum Gasteiger partial charge on any atom is -0.346 e. The standard InChI is InChI=1S/C15H20N6O3/c1-2-10-14(21(23)24)13(19-18-10)15(22)17-11-6-3-4-7-12(11)20-9-5-8-16-20/h5,8-9,11-12H,2-4,6-7H2,1H3,(H,17,22)(H,18,19). The molecule has 2 N–H and O–H groups in total. The van der Waals surface area contributed by atoms with Crippen LogP contribution in [0.4, 0.5) is 5.69 Å². The summed E-state index contributed by atoms with van der Waals surface area (Å²) in [4.78, 5) is 23.3. The lowest BCUT2D eigenvalue weighted by Gasteiger charge is -2.32. The molecule has 1 amide bonds. The molecule has 2 aromatic rings. The second kappa shape index (κ2) is 6.81.